The molecule has 0 unspecified atom stereocenters. The van der Waals surface area contributed by atoms with E-state index in [1.165, 1.54) is 0 Å². The lowest BCUT2D eigenvalue weighted by atomic mass is 10.1. The molecule has 1 aliphatic heterocycles. The maximum Gasteiger partial charge on any atom is 0.335 e. The molecule has 0 spiro atoms. The van der Waals surface area contributed by atoms with Crippen LogP contribution in [0, 0.1) is 13.8 Å². The van der Waals surface area contributed by atoms with Gasteiger partial charge >= 0.3 is 17.8 Å². The van der Waals surface area contributed by atoms with Crippen LogP contribution in [0.5, 0.6) is 0 Å². The first kappa shape index (κ1) is 15.9. The number of amides is 4. The maximum absolute atomic E-state index is 12.6. The van der Waals surface area contributed by atoms with Crippen molar-refractivity contribution in [1.29, 1.82) is 0 Å². The Labute approximate surface area is 138 Å². The lowest BCUT2D eigenvalue weighted by molar-refractivity contribution is -0.144. The van der Waals surface area contributed by atoms with Gasteiger partial charge in [-0.05, 0) is 26.3 Å². The van der Waals surface area contributed by atoms with Gasteiger partial charge in [0.25, 0.3) is 0 Å². The van der Waals surface area contributed by atoms with Gasteiger partial charge in [0, 0.05) is 0 Å². The molecule has 2 heterocycles. The summed E-state index contributed by atoms with van der Waals surface area (Å²) in [5, 5.41) is 0. The van der Waals surface area contributed by atoms with Crippen molar-refractivity contribution >= 4 is 17.8 Å². The van der Waals surface area contributed by atoms with E-state index in [4.69, 9.17) is 4.42 Å². The third-order valence-corrected chi connectivity index (χ3v) is 4.12. The molecule has 4 amide bonds. The number of aryl methyl sites for hydroxylation is 2. The van der Waals surface area contributed by atoms with Crippen molar-refractivity contribution in [3.05, 3.63) is 53.2 Å². The second-order valence-corrected chi connectivity index (χ2v) is 5.68. The number of nitrogens with zero attached hydrogens (tertiary/aromatic N) is 3. The number of hydrogen-bond acceptors (Lipinski definition) is 5. The molecule has 1 atom stereocenters. The summed E-state index contributed by atoms with van der Waals surface area (Å²) in [4.78, 5) is 43.0. The number of benzene rings is 1. The fraction of sp³-hybridized carbons (Fsp3) is 0.294. The maximum atomic E-state index is 12.6. The Morgan fingerprint density at radius 1 is 1.08 bits per heavy atom. The van der Waals surface area contributed by atoms with Crippen molar-refractivity contribution in [3.8, 4) is 0 Å². The van der Waals surface area contributed by atoms with E-state index in [0.29, 0.717) is 11.5 Å². The van der Waals surface area contributed by atoms with Gasteiger partial charge in [0.05, 0.1) is 11.7 Å². The molecule has 0 bridgehead atoms. The van der Waals surface area contributed by atoms with E-state index in [0.717, 1.165) is 15.4 Å². The van der Waals surface area contributed by atoms with Gasteiger partial charge in [-0.15, -0.1) is 0 Å². The predicted molar refractivity (Wildman–Crippen MR) is 83.6 cm³/mol. The Morgan fingerprint density at radius 3 is 2.33 bits per heavy atom. The minimum Gasteiger partial charge on any atom is -0.444 e. The highest BCUT2D eigenvalue weighted by Gasteiger charge is 2.47. The number of carbonyl (C=O) groups excluding carboxylic acids is 3. The summed E-state index contributed by atoms with van der Waals surface area (Å²) in [7, 11) is 0. The Hall–Kier alpha value is -2.96. The van der Waals surface area contributed by atoms with Gasteiger partial charge in [-0.25, -0.2) is 19.6 Å². The second-order valence-electron chi connectivity index (χ2n) is 5.68. The summed E-state index contributed by atoms with van der Waals surface area (Å²) in [6.07, 6.45) is 0. The molecule has 24 heavy (non-hydrogen) atoms. The van der Waals surface area contributed by atoms with Crippen LogP contribution >= 0.6 is 0 Å². The number of urea groups is 1. The van der Waals surface area contributed by atoms with Crippen LogP contribution in [-0.2, 0) is 16.1 Å². The zero-order valence-corrected chi connectivity index (χ0v) is 13.6. The van der Waals surface area contributed by atoms with Crippen molar-refractivity contribution in [2.45, 2.75) is 33.4 Å². The van der Waals surface area contributed by atoms with Crippen molar-refractivity contribution in [1.82, 2.24) is 14.8 Å². The standard InChI is InChI=1S/C17H17N3O4/c1-10-12(3)24-14(18-10)9-19-15(21)16(22)20(17(19)23)11(2)13-7-5-4-6-8-13/h4-8,11H,9H2,1-3H3/t11-/m0/s1. The molecule has 0 saturated carbocycles. The largest absolute Gasteiger partial charge is 0.444 e. The van der Waals surface area contributed by atoms with Gasteiger partial charge in [0.1, 0.15) is 12.3 Å². The van der Waals surface area contributed by atoms with E-state index in [1.54, 1.807) is 32.9 Å². The number of rotatable bonds is 4. The first-order valence-electron chi connectivity index (χ1n) is 7.57. The van der Waals surface area contributed by atoms with E-state index < -0.39 is 23.9 Å². The Balaban J connectivity index is 1.85. The molecule has 7 heteroatoms. The van der Waals surface area contributed by atoms with Gasteiger partial charge in [-0.3, -0.25) is 9.59 Å². The topological polar surface area (TPSA) is 83.7 Å². The summed E-state index contributed by atoms with van der Waals surface area (Å²) in [6.45, 7) is 5.07. The average molecular weight is 327 g/mol. The van der Waals surface area contributed by atoms with E-state index in [2.05, 4.69) is 4.98 Å². The third kappa shape index (κ3) is 2.58. The first-order chi connectivity index (χ1) is 11.4. The van der Waals surface area contributed by atoms with Crippen LogP contribution in [0.4, 0.5) is 4.79 Å². The molecule has 1 saturated heterocycles. The summed E-state index contributed by atoms with van der Waals surface area (Å²) in [5.41, 5.74) is 1.46. The Morgan fingerprint density at radius 2 is 1.75 bits per heavy atom. The fourth-order valence-corrected chi connectivity index (χ4v) is 2.63. The molecular weight excluding hydrogens is 310 g/mol. The smallest absolute Gasteiger partial charge is 0.335 e. The molecule has 2 aromatic rings. The van der Waals surface area contributed by atoms with Crippen LogP contribution in [-0.4, -0.2) is 32.6 Å². The molecule has 0 radical (unpaired) electrons. The lowest BCUT2D eigenvalue weighted by Crippen LogP contribution is -2.35. The second kappa shape index (κ2) is 5.92. The van der Waals surface area contributed by atoms with Crippen molar-refractivity contribution in [3.63, 3.8) is 0 Å². The molecule has 0 aliphatic carbocycles. The molecule has 1 aromatic heterocycles. The van der Waals surface area contributed by atoms with E-state index in [1.807, 2.05) is 18.2 Å². The highest BCUT2D eigenvalue weighted by atomic mass is 16.4. The number of hydrogen-bond donors (Lipinski definition) is 0. The normalized spacial score (nSPS) is 16.2. The van der Waals surface area contributed by atoms with Gasteiger partial charge in [0.2, 0.25) is 5.89 Å². The third-order valence-electron chi connectivity index (χ3n) is 4.12. The average Bonchev–Trinajstić information content (AvgIpc) is 2.99. The van der Waals surface area contributed by atoms with Crippen molar-refractivity contribution in [2.75, 3.05) is 0 Å². The molecular formula is C17H17N3O4. The Kier molecular flexibility index (Phi) is 3.92. The summed E-state index contributed by atoms with van der Waals surface area (Å²) < 4.78 is 5.40. The minimum absolute atomic E-state index is 0.157. The molecule has 7 nitrogen and oxygen atoms in total. The first-order valence-corrected chi connectivity index (χ1v) is 7.57. The zero-order valence-electron chi connectivity index (χ0n) is 13.6. The molecule has 1 aliphatic rings. The summed E-state index contributed by atoms with van der Waals surface area (Å²) in [6, 6.07) is 7.89. The molecule has 124 valence electrons. The fourth-order valence-electron chi connectivity index (χ4n) is 2.63. The van der Waals surface area contributed by atoms with Gasteiger partial charge in [0.15, 0.2) is 0 Å². The van der Waals surface area contributed by atoms with E-state index >= 15 is 0 Å². The molecule has 3 rings (SSSR count). The monoisotopic (exact) mass is 327 g/mol. The van der Waals surface area contributed by atoms with E-state index in [-0.39, 0.29) is 12.4 Å². The van der Waals surface area contributed by atoms with Crippen LogP contribution in [0.15, 0.2) is 34.7 Å². The summed E-state index contributed by atoms with van der Waals surface area (Å²) >= 11 is 0. The quantitative estimate of drug-likeness (QED) is 0.636. The lowest BCUT2D eigenvalue weighted by Gasteiger charge is -2.22. The minimum atomic E-state index is -0.865. The van der Waals surface area contributed by atoms with Crippen LogP contribution in [0.3, 0.4) is 0 Å². The molecule has 1 fully saturated rings. The van der Waals surface area contributed by atoms with Crippen molar-refractivity contribution < 1.29 is 18.8 Å². The highest BCUT2D eigenvalue weighted by molar-refractivity contribution is 6.44. The van der Waals surface area contributed by atoms with Gasteiger partial charge in [-0.1, -0.05) is 30.3 Å². The molecule has 0 N–H and O–H groups in total. The molecule has 1 aromatic carbocycles. The van der Waals surface area contributed by atoms with Crippen LogP contribution in [0.25, 0.3) is 0 Å². The number of imide groups is 2. The highest BCUT2D eigenvalue weighted by Crippen LogP contribution is 2.27. The van der Waals surface area contributed by atoms with Crippen LogP contribution in [0.2, 0.25) is 0 Å². The van der Waals surface area contributed by atoms with E-state index in [9.17, 15) is 14.4 Å². The number of carbonyl (C=O) groups is 3. The van der Waals surface area contributed by atoms with Gasteiger partial charge in [-0.2, -0.15) is 0 Å². The Bertz CT molecular complexity index is 793. The van der Waals surface area contributed by atoms with Crippen LogP contribution < -0.4 is 0 Å². The SMILES string of the molecule is Cc1nc(CN2C(=O)C(=O)N([C@@H](C)c3ccccc3)C2=O)oc1C. The summed E-state index contributed by atoms with van der Waals surface area (Å²) in [5.74, 6) is -0.855. The predicted octanol–water partition coefficient (Wildman–Crippen LogP) is 2.34. The van der Waals surface area contributed by atoms with Crippen molar-refractivity contribution in [2.24, 2.45) is 0 Å². The van der Waals surface area contributed by atoms with Gasteiger partial charge < -0.3 is 4.42 Å². The zero-order chi connectivity index (χ0) is 17.4. The number of oxazole rings is 1. The van der Waals surface area contributed by atoms with Crippen LogP contribution in [0.1, 0.15) is 35.9 Å². The number of aromatic nitrogens is 1.